The number of hydrogen-bond acceptors (Lipinski definition) is 1. The van der Waals surface area contributed by atoms with Crippen LogP contribution in [0, 0.1) is 12.3 Å². The van der Waals surface area contributed by atoms with Gasteiger partial charge in [0.05, 0.1) is 6.54 Å². The number of likely N-dealkylation sites (N-methyl/N-ethyl adjacent to an activating group) is 1. The number of terminal acetylenes is 1. The fourth-order valence-electron chi connectivity index (χ4n) is 1.50. The molecule has 1 rings (SSSR count). The molecule has 0 aromatic carbocycles. The van der Waals surface area contributed by atoms with Crippen LogP contribution < -0.4 is 0 Å². The third-order valence-electron chi connectivity index (χ3n) is 2.23. The summed E-state index contributed by atoms with van der Waals surface area (Å²) in [6.45, 7) is 9.59. The highest BCUT2D eigenvalue weighted by atomic mass is 15.1. The van der Waals surface area contributed by atoms with Gasteiger partial charge in [0.25, 0.3) is 0 Å². The van der Waals surface area contributed by atoms with Gasteiger partial charge >= 0.3 is 0 Å². The lowest BCUT2D eigenvalue weighted by Gasteiger charge is -2.17. The van der Waals surface area contributed by atoms with Crippen molar-refractivity contribution < 1.29 is 0 Å². The van der Waals surface area contributed by atoms with Crippen LogP contribution >= 0.6 is 0 Å². The summed E-state index contributed by atoms with van der Waals surface area (Å²) >= 11 is 0. The standard InChI is InChI=1S/C13H17N.C2H6/c1-4-10-14(3)11-12(2)13-8-6-5-7-9-13;1-2/h1,6,8-9H,2,5,7,10-11H2,3H3;1-2H3. The Kier molecular flexibility index (Phi) is 8.29. The number of allylic oxidation sites excluding steroid dienone is 3. The second kappa shape index (κ2) is 9.00. The normalized spacial score (nSPS) is 13.6. The Morgan fingerprint density at radius 3 is 2.69 bits per heavy atom. The first kappa shape index (κ1) is 14.7. The molecule has 1 aliphatic rings. The van der Waals surface area contributed by atoms with Crippen LogP contribution in [0.5, 0.6) is 0 Å². The van der Waals surface area contributed by atoms with E-state index in [9.17, 15) is 0 Å². The minimum absolute atomic E-state index is 0.677. The Morgan fingerprint density at radius 1 is 1.50 bits per heavy atom. The number of rotatable bonds is 4. The molecule has 0 saturated heterocycles. The van der Waals surface area contributed by atoms with E-state index in [-0.39, 0.29) is 0 Å². The van der Waals surface area contributed by atoms with Gasteiger partial charge in [-0.3, -0.25) is 4.90 Å². The van der Waals surface area contributed by atoms with Gasteiger partial charge in [-0.1, -0.05) is 44.6 Å². The van der Waals surface area contributed by atoms with Crippen molar-refractivity contribution in [3.63, 3.8) is 0 Å². The molecule has 0 amide bonds. The van der Waals surface area contributed by atoms with Crippen molar-refractivity contribution in [3.8, 4) is 12.3 Å². The molecule has 0 aliphatic heterocycles. The van der Waals surface area contributed by atoms with E-state index in [1.165, 1.54) is 5.57 Å². The molecule has 1 heteroatoms. The number of nitrogens with zero attached hydrogens (tertiary/aromatic N) is 1. The van der Waals surface area contributed by atoms with Gasteiger partial charge in [0.1, 0.15) is 0 Å². The SMILES string of the molecule is C#CCN(C)CC(=C)C1=CCCC=C1.CC. The topological polar surface area (TPSA) is 3.24 Å². The van der Waals surface area contributed by atoms with Crippen molar-refractivity contribution in [1.82, 2.24) is 4.90 Å². The maximum Gasteiger partial charge on any atom is 0.0599 e. The molecule has 0 aromatic heterocycles. The summed E-state index contributed by atoms with van der Waals surface area (Å²) in [5, 5.41) is 0. The van der Waals surface area contributed by atoms with E-state index in [1.54, 1.807) is 0 Å². The molecule has 0 fully saturated rings. The summed E-state index contributed by atoms with van der Waals surface area (Å²) in [6.07, 6.45) is 14.1. The predicted molar refractivity (Wildman–Crippen MR) is 73.3 cm³/mol. The van der Waals surface area contributed by atoms with Crippen LogP contribution in [0.2, 0.25) is 0 Å². The molecule has 0 N–H and O–H groups in total. The minimum atomic E-state index is 0.677. The van der Waals surface area contributed by atoms with Crippen molar-refractivity contribution in [2.24, 2.45) is 0 Å². The Hall–Kier alpha value is -1.26. The Bertz CT molecular complexity index is 302. The van der Waals surface area contributed by atoms with Crippen molar-refractivity contribution in [2.45, 2.75) is 26.7 Å². The highest BCUT2D eigenvalue weighted by molar-refractivity contribution is 5.40. The maximum atomic E-state index is 5.23. The van der Waals surface area contributed by atoms with Gasteiger partial charge in [0, 0.05) is 6.54 Å². The second-order valence-corrected chi connectivity index (χ2v) is 3.62. The van der Waals surface area contributed by atoms with Crippen molar-refractivity contribution in [1.29, 1.82) is 0 Å². The summed E-state index contributed by atoms with van der Waals surface area (Å²) in [6, 6.07) is 0. The first-order valence-corrected chi connectivity index (χ1v) is 5.91. The summed E-state index contributed by atoms with van der Waals surface area (Å²) in [7, 11) is 2.01. The minimum Gasteiger partial charge on any atom is -0.291 e. The largest absolute Gasteiger partial charge is 0.291 e. The molecule has 0 bridgehead atoms. The van der Waals surface area contributed by atoms with Gasteiger partial charge in [-0.2, -0.15) is 0 Å². The van der Waals surface area contributed by atoms with Crippen LogP contribution in [-0.4, -0.2) is 25.0 Å². The molecule has 1 aliphatic carbocycles. The van der Waals surface area contributed by atoms with Crippen molar-refractivity contribution in [3.05, 3.63) is 36.0 Å². The average molecular weight is 217 g/mol. The summed E-state index contributed by atoms with van der Waals surface area (Å²) in [4.78, 5) is 2.09. The molecule has 0 unspecified atom stereocenters. The van der Waals surface area contributed by atoms with Crippen molar-refractivity contribution >= 4 is 0 Å². The highest BCUT2D eigenvalue weighted by Crippen LogP contribution is 2.16. The van der Waals surface area contributed by atoms with Crippen LogP contribution in [-0.2, 0) is 0 Å². The van der Waals surface area contributed by atoms with Crippen LogP contribution in [0.25, 0.3) is 0 Å². The Morgan fingerprint density at radius 2 is 2.19 bits per heavy atom. The summed E-state index contributed by atoms with van der Waals surface area (Å²) in [5.41, 5.74) is 2.42. The van der Waals surface area contributed by atoms with E-state index in [4.69, 9.17) is 6.42 Å². The van der Waals surface area contributed by atoms with Gasteiger partial charge in [0.2, 0.25) is 0 Å². The third kappa shape index (κ3) is 5.58. The first-order chi connectivity index (χ1) is 7.74. The fraction of sp³-hybridized carbons (Fsp3) is 0.467. The molecule has 0 aromatic rings. The molecule has 0 atom stereocenters. The van der Waals surface area contributed by atoms with E-state index in [0.717, 1.165) is 25.0 Å². The monoisotopic (exact) mass is 217 g/mol. The third-order valence-corrected chi connectivity index (χ3v) is 2.23. The van der Waals surface area contributed by atoms with Gasteiger partial charge in [-0.05, 0) is 31.0 Å². The van der Waals surface area contributed by atoms with Crippen molar-refractivity contribution in [2.75, 3.05) is 20.1 Å². The fourth-order valence-corrected chi connectivity index (χ4v) is 1.50. The van der Waals surface area contributed by atoms with E-state index in [0.29, 0.717) is 6.54 Å². The van der Waals surface area contributed by atoms with E-state index in [1.807, 2.05) is 20.9 Å². The predicted octanol–water partition coefficient (Wildman–Crippen LogP) is 3.41. The van der Waals surface area contributed by atoms with Crippen LogP contribution in [0.4, 0.5) is 0 Å². The summed E-state index contributed by atoms with van der Waals surface area (Å²) < 4.78 is 0. The number of hydrogen-bond donors (Lipinski definition) is 0. The Balaban J connectivity index is 0.00000106. The van der Waals surface area contributed by atoms with Gasteiger partial charge in [-0.25, -0.2) is 0 Å². The van der Waals surface area contributed by atoms with E-state index in [2.05, 4.69) is 35.6 Å². The zero-order valence-electron chi connectivity index (χ0n) is 10.8. The molecule has 88 valence electrons. The van der Waals surface area contributed by atoms with Gasteiger partial charge in [-0.15, -0.1) is 6.42 Å². The lowest BCUT2D eigenvalue weighted by Crippen LogP contribution is -2.21. The van der Waals surface area contributed by atoms with Crippen LogP contribution in [0.15, 0.2) is 36.0 Å². The molecule has 0 spiro atoms. The molecular formula is C15H23N. The zero-order valence-corrected chi connectivity index (χ0v) is 10.8. The zero-order chi connectivity index (χ0) is 12.4. The summed E-state index contributed by atoms with van der Waals surface area (Å²) in [5.74, 6) is 2.62. The Labute approximate surface area is 101 Å². The second-order valence-electron chi connectivity index (χ2n) is 3.62. The first-order valence-electron chi connectivity index (χ1n) is 5.91. The quantitative estimate of drug-likeness (QED) is 0.652. The van der Waals surface area contributed by atoms with E-state index < -0.39 is 0 Å². The van der Waals surface area contributed by atoms with Gasteiger partial charge in [0.15, 0.2) is 0 Å². The van der Waals surface area contributed by atoms with E-state index >= 15 is 0 Å². The van der Waals surface area contributed by atoms with Gasteiger partial charge < -0.3 is 0 Å². The molecule has 0 radical (unpaired) electrons. The smallest absolute Gasteiger partial charge is 0.0599 e. The lowest BCUT2D eigenvalue weighted by molar-refractivity contribution is 0.411. The van der Waals surface area contributed by atoms with Crippen LogP contribution in [0.3, 0.4) is 0 Å². The lowest BCUT2D eigenvalue weighted by atomic mass is 10.0. The van der Waals surface area contributed by atoms with Crippen LogP contribution in [0.1, 0.15) is 26.7 Å². The molecule has 1 nitrogen and oxygen atoms in total. The maximum absolute atomic E-state index is 5.23. The average Bonchev–Trinajstić information content (AvgIpc) is 2.33. The molecular weight excluding hydrogens is 194 g/mol. The molecule has 0 saturated carbocycles. The highest BCUT2D eigenvalue weighted by Gasteiger charge is 2.04. The molecule has 16 heavy (non-hydrogen) atoms. The molecule has 0 heterocycles.